The lowest BCUT2D eigenvalue weighted by Gasteiger charge is -2.23. The number of carbonyl (C=O) groups excluding carboxylic acids is 2. The van der Waals surface area contributed by atoms with Crippen molar-refractivity contribution in [1.82, 2.24) is 19.6 Å². The Hall–Kier alpha value is -3.10. The summed E-state index contributed by atoms with van der Waals surface area (Å²) in [7, 11) is 1.85. The average Bonchev–Trinajstić information content (AvgIpc) is 3.32. The molecule has 2 amide bonds. The van der Waals surface area contributed by atoms with Crippen LogP contribution >= 0.6 is 23.2 Å². The summed E-state index contributed by atoms with van der Waals surface area (Å²) >= 11 is 13.7. The van der Waals surface area contributed by atoms with Crippen LogP contribution in [0.25, 0.3) is 21.8 Å². The molecule has 0 saturated carbocycles. The van der Waals surface area contributed by atoms with Gasteiger partial charge in [-0.2, -0.15) is 10.2 Å². The third-order valence-corrected chi connectivity index (χ3v) is 7.37. The van der Waals surface area contributed by atoms with Crippen molar-refractivity contribution in [3.8, 4) is 0 Å². The summed E-state index contributed by atoms with van der Waals surface area (Å²) in [6.07, 6.45) is 0.320. The van der Waals surface area contributed by atoms with Crippen molar-refractivity contribution in [2.24, 2.45) is 7.05 Å². The van der Waals surface area contributed by atoms with Crippen LogP contribution in [0.4, 0.5) is 11.6 Å². The summed E-state index contributed by atoms with van der Waals surface area (Å²) < 4.78 is 3.62. The Balaban J connectivity index is 2.02. The number of benzene rings is 2. The van der Waals surface area contributed by atoms with Gasteiger partial charge in [0.2, 0.25) is 11.8 Å². The number of amides is 2. The predicted octanol–water partition coefficient (Wildman–Crippen LogP) is 7.01. The van der Waals surface area contributed by atoms with Crippen molar-refractivity contribution < 1.29 is 9.59 Å². The third kappa shape index (κ3) is 4.99. The van der Waals surface area contributed by atoms with Gasteiger partial charge in [-0.1, -0.05) is 70.8 Å². The number of nitrogens with zero attached hydrogens (tertiary/aromatic N) is 4. The second-order valence-electron chi connectivity index (χ2n) is 10.9. The van der Waals surface area contributed by atoms with Crippen molar-refractivity contribution in [3.05, 3.63) is 44.9 Å². The molecule has 2 aromatic carbocycles. The summed E-state index contributed by atoms with van der Waals surface area (Å²) in [6.45, 7) is 14.2. The highest BCUT2D eigenvalue weighted by Gasteiger charge is 2.27. The fourth-order valence-corrected chi connectivity index (χ4v) is 5.34. The molecule has 4 rings (SSSR count). The normalized spacial score (nSPS) is 12.1. The van der Waals surface area contributed by atoms with E-state index in [4.69, 9.17) is 28.3 Å². The van der Waals surface area contributed by atoms with E-state index in [1.807, 2.05) is 23.9 Å². The molecular weight excluding hydrogens is 523 g/mol. The highest BCUT2D eigenvalue weighted by Crippen LogP contribution is 2.41. The van der Waals surface area contributed by atoms with Crippen LogP contribution in [-0.2, 0) is 28.6 Å². The van der Waals surface area contributed by atoms with E-state index < -0.39 is 0 Å². The maximum atomic E-state index is 12.3. The lowest BCUT2D eigenvalue weighted by Crippen LogP contribution is -2.15. The highest BCUT2D eigenvalue weighted by atomic mass is 35.5. The van der Waals surface area contributed by atoms with Crippen LogP contribution in [0.5, 0.6) is 0 Å². The maximum absolute atomic E-state index is 12.3. The van der Waals surface area contributed by atoms with Gasteiger partial charge in [-0.15, -0.1) is 0 Å². The first-order valence-corrected chi connectivity index (χ1v) is 13.4. The van der Waals surface area contributed by atoms with Gasteiger partial charge < -0.3 is 10.6 Å². The van der Waals surface area contributed by atoms with Gasteiger partial charge in [0.1, 0.15) is 0 Å². The molecule has 0 atom stereocenters. The molecule has 0 saturated heterocycles. The first-order valence-electron chi connectivity index (χ1n) is 12.7. The van der Waals surface area contributed by atoms with Crippen LogP contribution in [0.2, 0.25) is 10.0 Å². The van der Waals surface area contributed by atoms with E-state index in [1.54, 1.807) is 11.6 Å². The molecule has 0 fully saturated rings. The Morgan fingerprint density at radius 2 is 1.68 bits per heavy atom. The minimum absolute atomic E-state index is 0.146. The largest absolute Gasteiger partial charge is 0.309 e. The number of anilines is 2. The Morgan fingerprint density at radius 3 is 2.26 bits per heavy atom. The van der Waals surface area contributed by atoms with Crippen molar-refractivity contribution in [2.45, 2.75) is 72.8 Å². The molecule has 0 radical (unpaired) electrons. The number of aromatic nitrogens is 4. The molecule has 2 N–H and O–H groups in total. The minimum Gasteiger partial charge on any atom is -0.309 e. The average molecular weight is 558 g/mol. The van der Waals surface area contributed by atoms with Crippen LogP contribution in [-0.4, -0.2) is 31.4 Å². The van der Waals surface area contributed by atoms with Crippen molar-refractivity contribution in [2.75, 3.05) is 10.6 Å². The van der Waals surface area contributed by atoms with E-state index in [2.05, 4.69) is 56.4 Å². The fraction of sp³-hybridized carbons (Fsp3) is 0.429. The molecule has 0 spiro atoms. The van der Waals surface area contributed by atoms with E-state index >= 15 is 0 Å². The smallest absolute Gasteiger partial charge is 0.225 e. The number of fused-ring (bicyclic) bond motifs is 2. The Kier molecular flexibility index (Phi) is 7.51. The molecule has 0 aliphatic heterocycles. The highest BCUT2D eigenvalue weighted by molar-refractivity contribution is 6.38. The maximum Gasteiger partial charge on any atom is 0.225 e. The summed E-state index contributed by atoms with van der Waals surface area (Å²) in [5, 5.41) is 17.5. The second kappa shape index (κ2) is 10.2. The van der Waals surface area contributed by atoms with E-state index in [0.29, 0.717) is 45.4 Å². The fourth-order valence-electron chi connectivity index (χ4n) is 4.80. The number of nitrogens with one attached hydrogen (secondary N) is 2. The van der Waals surface area contributed by atoms with Crippen LogP contribution < -0.4 is 10.6 Å². The molecular formula is C28H34Cl2N6O2. The molecule has 0 unspecified atom stereocenters. The molecule has 0 aliphatic rings. The summed E-state index contributed by atoms with van der Waals surface area (Å²) in [6, 6.07) is 5.93. The number of hydrogen-bond acceptors (Lipinski definition) is 4. The SMILES string of the molecule is CCC(=O)Nc1nn(Cc2cc(C(C)(C)C)c3c(c(NC(C)=O)nn3C)c2Cl)c2c(C(C)C)ccc(Cl)c12. The standard InChI is InChI=1S/C28H34Cl2N6O2/c1-9-20(38)32-26-21-19(29)11-10-17(14(2)3)24(21)36(34-26)13-16-12-18(28(5,6)7)25-22(23(16)30)27(31-15(4)37)33-35(25)8/h10-12,14H,9,13H2,1-8H3,(H,31,33,37)(H,32,34,38). The van der Waals surface area contributed by atoms with Gasteiger partial charge >= 0.3 is 0 Å². The third-order valence-electron chi connectivity index (χ3n) is 6.62. The molecule has 8 nitrogen and oxygen atoms in total. The zero-order valence-corrected chi connectivity index (χ0v) is 24.6. The summed E-state index contributed by atoms with van der Waals surface area (Å²) in [5.41, 5.74) is 4.38. The van der Waals surface area contributed by atoms with E-state index in [0.717, 1.165) is 27.7 Å². The number of halogens is 2. The Bertz CT molecular complexity index is 1580. The number of carbonyl (C=O) groups is 2. The van der Waals surface area contributed by atoms with Crippen molar-refractivity contribution in [3.63, 3.8) is 0 Å². The molecule has 2 aromatic heterocycles. The van der Waals surface area contributed by atoms with Gasteiger partial charge in [0.15, 0.2) is 11.6 Å². The minimum atomic E-state index is -0.238. The first-order chi connectivity index (χ1) is 17.7. The number of hydrogen-bond donors (Lipinski definition) is 2. The predicted molar refractivity (Wildman–Crippen MR) is 156 cm³/mol. The van der Waals surface area contributed by atoms with Crippen LogP contribution in [0.15, 0.2) is 18.2 Å². The molecule has 202 valence electrons. The van der Waals surface area contributed by atoms with E-state index in [1.165, 1.54) is 6.92 Å². The van der Waals surface area contributed by atoms with Crippen molar-refractivity contribution in [1.29, 1.82) is 0 Å². The van der Waals surface area contributed by atoms with Gasteiger partial charge in [-0.05, 0) is 40.2 Å². The second-order valence-corrected chi connectivity index (χ2v) is 11.7. The molecule has 4 aromatic rings. The van der Waals surface area contributed by atoms with Crippen LogP contribution in [0.1, 0.15) is 77.5 Å². The van der Waals surface area contributed by atoms with Gasteiger partial charge in [0, 0.05) is 20.4 Å². The molecule has 0 aliphatic carbocycles. The molecule has 2 heterocycles. The zero-order valence-electron chi connectivity index (χ0n) is 23.1. The molecule has 0 bridgehead atoms. The lowest BCUT2D eigenvalue weighted by molar-refractivity contribution is -0.116. The van der Waals surface area contributed by atoms with Crippen LogP contribution in [0, 0.1) is 0 Å². The first kappa shape index (κ1) is 27.9. The summed E-state index contributed by atoms with van der Waals surface area (Å²) in [4.78, 5) is 24.3. The van der Waals surface area contributed by atoms with E-state index in [-0.39, 0.29) is 23.1 Å². The zero-order chi connectivity index (χ0) is 28.1. The molecule has 38 heavy (non-hydrogen) atoms. The molecule has 10 heteroatoms. The number of aryl methyl sites for hydroxylation is 1. The Morgan fingerprint density at radius 1 is 1.03 bits per heavy atom. The van der Waals surface area contributed by atoms with E-state index in [9.17, 15) is 9.59 Å². The lowest BCUT2D eigenvalue weighted by atomic mass is 9.84. The quantitative estimate of drug-likeness (QED) is 0.267. The van der Waals surface area contributed by atoms with Gasteiger partial charge in [-0.3, -0.25) is 19.0 Å². The van der Waals surface area contributed by atoms with Gasteiger partial charge in [0.25, 0.3) is 0 Å². The van der Waals surface area contributed by atoms with Gasteiger partial charge in [-0.25, -0.2) is 0 Å². The van der Waals surface area contributed by atoms with Gasteiger partial charge in [0.05, 0.1) is 38.4 Å². The number of rotatable bonds is 6. The van der Waals surface area contributed by atoms with Crippen molar-refractivity contribution >= 4 is 68.5 Å². The van der Waals surface area contributed by atoms with Crippen LogP contribution in [0.3, 0.4) is 0 Å². The Labute approximate surface area is 232 Å². The topological polar surface area (TPSA) is 93.8 Å². The monoisotopic (exact) mass is 556 g/mol. The summed E-state index contributed by atoms with van der Waals surface area (Å²) in [5.74, 6) is 0.654.